The van der Waals surface area contributed by atoms with Gasteiger partial charge in [-0.2, -0.15) is 18.3 Å². The van der Waals surface area contributed by atoms with E-state index in [-0.39, 0.29) is 12.6 Å². The van der Waals surface area contributed by atoms with Crippen molar-refractivity contribution in [1.82, 2.24) is 25.1 Å². The Morgan fingerprint density at radius 1 is 1.46 bits per heavy atom. The Bertz CT molecular complexity index is 689. The number of H-pyrrole nitrogens is 1. The molecule has 1 atom stereocenters. The van der Waals surface area contributed by atoms with E-state index >= 15 is 0 Å². The van der Waals surface area contributed by atoms with Crippen molar-refractivity contribution in [1.29, 1.82) is 0 Å². The van der Waals surface area contributed by atoms with Gasteiger partial charge < -0.3 is 10.1 Å². The predicted octanol–water partition coefficient (Wildman–Crippen LogP) is 1.83. The second-order valence-electron chi connectivity index (χ2n) is 5.49. The van der Waals surface area contributed by atoms with Crippen LogP contribution in [0.2, 0.25) is 0 Å². The van der Waals surface area contributed by atoms with Crippen molar-refractivity contribution >= 4 is 5.69 Å². The van der Waals surface area contributed by atoms with Crippen molar-refractivity contribution in [3.8, 4) is 0 Å². The van der Waals surface area contributed by atoms with E-state index in [2.05, 4.69) is 30.4 Å². The number of anilines is 1. The van der Waals surface area contributed by atoms with E-state index < -0.39 is 11.9 Å². The van der Waals surface area contributed by atoms with Crippen LogP contribution >= 0.6 is 0 Å². The minimum Gasteiger partial charge on any atom is -0.378 e. The van der Waals surface area contributed by atoms with Crippen LogP contribution in [0.1, 0.15) is 23.4 Å². The fraction of sp³-hybridized carbons (Fsp3) is 0.500. The highest BCUT2D eigenvalue weighted by Crippen LogP contribution is 2.28. The minimum absolute atomic E-state index is 0.0264. The zero-order valence-corrected chi connectivity index (χ0v) is 13.0. The first-order valence-electron chi connectivity index (χ1n) is 7.40. The summed E-state index contributed by atoms with van der Waals surface area (Å²) in [6.45, 7) is 2.21. The largest absolute Gasteiger partial charge is 0.433 e. The van der Waals surface area contributed by atoms with Crippen molar-refractivity contribution < 1.29 is 17.9 Å². The Morgan fingerprint density at radius 3 is 3.04 bits per heavy atom. The monoisotopic (exact) mass is 342 g/mol. The lowest BCUT2D eigenvalue weighted by Crippen LogP contribution is -2.37. The van der Waals surface area contributed by atoms with Gasteiger partial charge in [-0.1, -0.05) is 0 Å². The third-order valence-electron chi connectivity index (χ3n) is 3.75. The summed E-state index contributed by atoms with van der Waals surface area (Å²) in [4.78, 5) is 9.80. The lowest BCUT2D eigenvalue weighted by atomic mass is 10.2. The number of likely N-dealkylation sites (N-methyl/N-ethyl adjacent to an activating group) is 1. The molecule has 2 aromatic heterocycles. The number of hydrogen-bond donors (Lipinski definition) is 2. The molecular weight excluding hydrogens is 325 g/mol. The van der Waals surface area contributed by atoms with Crippen LogP contribution in [0.25, 0.3) is 0 Å². The molecule has 1 aliphatic rings. The van der Waals surface area contributed by atoms with Gasteiger partial charge in [-0.15, -0.1) is 0 Å². The molecule has 2 aromatic rings. The highest BCUT2D eigenvalue weighted by molar-refractivity contribution is 5.43. The first kappa shape index (κ1) is 16.7. The number of aromatic amines is 1. The number of morpholine rings is 1. The van der Waals surface area contributed by atoms with E-state index in [4.69, 9.17) is 4.74 Å². The quantitative estimate of drug-likeness (QED) is 0.883. The Labute approximate surface area is 136 Å². The number of aromatic nitrogens is 4. The van der Waals surface area contributed by atoms with Crippen LogP contribution in [-0.2, 0) is 17.5 Å². The van der Waals surface area contributed by atoms with E-state index in [1.165, 1.54) is 6.07 Å². The van der Waals surface area contributed by atoms with Gasteiger partial charge in [0.15, 0.2) is 5.82 Å². The summed E-state index contributed by atoms with van der Waals surface area (Å²) in [7, 11) is 1.97. The van der Waals surface area contributed by atoms with Crippen molar-refractivity contribution in [2.75, 3.05) is 32.1 Å². The Kier molecular flexibility index (Phi) is 4.67. The van der Waals surface area contributed by atoms with Crippen LogP contribution in [0, 0.1) is 0 Å². The van der Waals surface area contributed by atoms with Crippen LogP contribution in [0.4, 0.5) is 18.9 Å². The summed E-state index contributed by atoms with van der Waals surface area (Å²) in [5, 5.41) is 9.85. The Balaban J connectivity index is 1.63. The second kappa shape index (κ2) is 6.73. The molecule has 0 bridgehead atoms. The molecule has 130 valence electrons. The summed E-state index contributed by atoms with van der Waals surface area (Å²) in [6, 6.07) is 2.40. The van der Waals surface area contributed by atoms with Crippen molar-refractivity contribution in [3.63, 3.8) is 0 Å². The number of nitrogens with one attached hydrogen (secondary N) is 2. The molecule has 1 fully saturated rings. The molecule has 0 amide bonds. The van der Waals surface area contributed by atoms with Crippen molar-refractivity contribution in [2.24, 2.45) is 0 Å². The Morgan fingerprint density at radius 2 is 2.29 bits per heavy atom. The standard InChI is InChI=1S/C14H17F3N6O/c1-23-4-5-24-8-10(23)13-20-12(21-22-13)7-19-9-2-3-18-11(6-9)14(15,16)17/h2-3,6,10H,4-5,7-8H2,1H3,(H,18,19)(H,20,21,22). The zero-order valence-electron chi connectivity index (χ0n) is 13.0. The molecule has 10 heteroatoms. The summed E-state index contributed by atoms with van der Waals surface area (Å²) >= 11 is 0. The molecule has 0 aromatic carbocycles. The molecule has 1 saturated heterocycles. The highest BCUT2D eigenvalue weighted by Gasteiger charge is 2.32. The topological polar surface area (TPSA) is 79.0 Å². The van der Waals surface area contributed by atoms with E-state index in [0.717, 1.165) is 18.8 Å². The normalized spacial score (nSPS) is 19.4. The fourth-order valence-electron chi connectivity index (χ4n) is 2.38. The van der Waals surface area contributed by atoms with Gasteiger partial charge in [-0.3, -0.25) is 15.0 Å². The van der Waals surface area contributed by atoms with E-state index in [0.29, 0.717) is 30.5 Å². The van der Waals surface area contributed by atoms with Gasteiger partial charge in [0.05, 0.1) is 25.8 Å². The molecule has 3 rings (SSSR count). The number of rotatable bonds is 4. The maximum Gasteiger partial charge on any atom is 0.433 e. The molecule has 1 aliphatic heterocycles. The summed E-state index contributed by atoms with van der Waals surface area (Å²) in [6.07, 6.45) is -3.35. The van der Waals surface area contributed by atoms with Gasteiger partial charge in [0.25, 0.3) is 0 Å². The molecule has 7 nitrogen and oxygen atoms in total. The van der Waals surface area contributed by atoms with Crippen molar-refractivity contribution in [2.45, 2.75) is 18.8 Å². The molecule has 0 spiro atoms. The van der Waals surface area contributed by atoms with E-state index in [9.17, 15) is 13.2 Å². The first-order valence-corrected chi connectivity index (χ1v) is 7.40. The van der Waals surface area contributed by atoms with Crippen LogP contribution in [-0.4, -0.2) is 51.9 Å². The Hall–Kier alpha value is -2.20. The highest BCUT2D eigenvalue weighted by atomic mass is 19.4. The van der Waals surface area contributed by atoms with Gasteiger partial charge in [0.2, 0.25) is 0 Å². The number of pyridine rings is 1. The average molecular weight is 342 g/mol. The van der Waals surface area contributed by atoms with Gasteiger partial charge >= 0.3 is 6.18 Å². The lowest BCUT2D eigenvalue weighted by molar-refractivity contribution is -0.141. The molecule has 24 heavy (non-hydrogen) atoms. The second-order valence-corrected chi connectivity index (χ2v) is 5.49. The maximum atomic E-state index is 12.6. The third kappa shape index (κ3) is 3.82. The summed E-state index contributed by atoms with van der Waals surface area (Å²) in [5.41, 5.74) is -0.625. The van der Waals surface area contributed by atoms with Crippen molar-refractivity contribution in [3.05, 3.63) is 35.7 Å². The molecular formula is C14H17F3N6O. The summed E-state index contributed by atoms with van der Waals surface area (Å²) < 4.78 is 43.4. The van der Waals surface area contributed by atoms with Crippen LogP contribution in [0.5, 0.6) is 0 Å². The molecule has 3 heterocycles. The average Bonchev–Trinajstić information content (AvgIpc) is 3.02. The van der Waals surface area contributed by atoms with Gasteiger partial charge in [0, 0.05) is 18.4 Å². The number of nitrogens with zero attached hydrogens (tertiary/aromatic N) is 4. The zero-order chi connectivity index (χ0) is 17.2. The summed E-state index contributed by atoms with van der Waals surface area (Å²) in [5.74, 6) is 1.15. The predicted molar refractivity (Wildman–Crippen MR) is 79.1 cm³/mol. The van der Waals surface area contributed by atoms with Gasteiger partial charge in [-0.25, -0.2) is 4.98 Å². The number of halogens is 3. The SMILES string of the molecule is CN1CCOCC1c1n[nH]c(CNc2ccnc(C(F)(F)F)c2)n1. The fourth-order valence-corrected chi connectivity index (χ4v) is 2.38. The molecule has 0 aliphatic carbocycles. The van der Waals surface area contributed by atoms with Crippen LogP contribution in [0.15, 0.2) is 18.3 Å². The van der Waals surface area contributed by atoms with E-state index in [1.807, 2.05) is 7.05 Å². The van der Waals surface area contributed by atoms with Crippen LogP contribution < -0.4 is 5.32 Å². The van der Waals surface area contributed by atoms with E-state index in [1.54, 1.807) is 0 Å². The van der Waals surface area contributed by atoms with Gasteiger partial charge in [-0.05, 0) is 19.2 Å². The van der Waals surface area contributed by atoms with Crippen LogP contribution in [0.3, 0.4) is 0 Å². The molecule has 0 saturated carbocycles. The minimum atomic E-state index is -4.47. The third-order valence-corrected chi connectivity index (χ3v) is 3.75. The lowest BCUT2D eigenvalue weighted by Gasteiger charge is -2.30. The number of hydrogen-bond acceptors (Lipinski definition) is 6. The molecule has 2 N–H and O–H groups in total. The number of ether oxygens (including phenoxy) is 1. The molecule has 1 unspecified atom stereocenters. The first-order chi connectivity index (χ1) is 11.4. The number of alkyl halides is 3. The maximum absolute atomic E-state index is 12.6. The van der Waals surface area contributed by atoms with Gasteiger partial charge in [0.1, 0.15) is 11.5 Å². The smallest absolute Gasteiger partial charge is 0.378 e. The molecule has 0 radical (unpaired) electrons.